The van der Waals surface area contributed by atoms with Crippen molar-refractivity contribution in [2.75, 3.05) is 0 Å². The number of carbonyl (C=O) groups is 1. The van der Waals surface area contributed by atoms with Crippen molar-refractivity contribution < 1.29 is 9.90 Å². The van der Waals surface area contributed by atoms with Gasteiger partial charge in [0.15, 0.2) is 0 Å². The summed E-state index contributed by atoms with van der Waals surface area (Å²) in [6, 6.07) is 3.83. The van der Waals surface area contributed by atoms with Crippen LogP contribution in [-0.4, -0.2) is 23.2 Å². The van der Waals surface area contributed by atoms with Crippen molar-refractivity contribution in [3.8, 4) is 0 Å². The summed E-state index contributed by atoms with van der Waals surface area (Å²) >= 11 is 1.60. The number of nitrogens with one attached hydrogen (secondary N) is 1. The van der Waals surface area contributed by atoms with Crippen molar-refractivity contribution >= 4 is 23.3 Å². The van der Waals surface area contributed by atoms with Crippen LogP contribution in [0.2, 0.25) is 0 Å². The SMILES string of the molecule is O=C(/C=C/c1cccs1)NC1CCCCC1O. The van der Waals surface area contributed by atoms with Crippen LogP contribution < -0.4 is 5.32 Å². The zero-order valence-electron chi connectivity index (χ0n) is 9.63. The number of amides is 1. The average Bonchev–Trinajstić information content (AvgIpc) is 2.82. The van der Waals surface area contributed by atoms with E-state index >= 15 is 0 Å². The number of hydrogen-bond acceptors (Lipinski definition) is 3. The number of hydrogen-bond donors (Lipinski definition) is 2. The minimum atomic E-state index is -0.386. The maximum Gasteiger partial charge on any atom is 0.244 e. The number of rotatable bonds is 3. The lowest BCUT2D eigenvalue weighted by atomic mass is 9.92. The van der Waals surface area contributed by atoms with Gasteiger partial charge in [0, 0.05) is 11.0 Å². The standard InChI is InChI=1S/C13H17NO2S/c15-12-6-2-1-5-11(12)14-13(16)8-7-10-4-3-9-17-10/h3-4,7-9,11-12,15H,1-2,5-6H2,(H,14,16)/b8-7+. The summed E-state index contributed by atoms with van der Waals surface area (Å²) in [5.41, 5.74) is 0. The van der Waals surface area contributed by atoms with Crippen molar-refractivity contribution in [2.45, 2.75) is 37.8 Å². The van der Waals surface area contributed by atoms with Gasteiger partial charge in [-0.25, -0.2) is 0 Å². The Morgan fingerprint density at radius 1 is 1.47 bits per heavy atom. The van der Waals surface area contributed by atoms with Gasteiger partial charge in [-0.05, 0) is 30.4 Å². The Labute approximate surface area is 105 Å². The number of carbonyl (C=O) groups excluding carboxylic acids is 1. The van der Waals surface area contributed by atoms with Gasteiger partial charge >= 0.3 is 0 Å². The second kappa shape index (κ2) is 5.98. The molecule has 1 aromatic heterocycles. The van der Waals surface area contributed by atoms with E-state index < -0.39 is 0 Å². The number of thiophene rings is 1. The molecule has 1 aliphatic rings. The van der Waals surface area contributed by atoms with Crippen LogP contribution in [-0.2, 0) is 4.79 Å². The molecule has 3 nitrogen and oxygen atoms in total. The fourth-order valence-electron chi connectivity index (χ4n) is 2.05. The second-order valence-electron chi connectivity index (χ2n) is 4.32. The summed E-state index contributed by atoms with van der Waals surface area (Å²) in [5.74, 6) is -0.121. The van der Waals surface area contributed by atoms with Crippen LogP contribution in [0.15, 0.2) is 23.6 Å². The lowest BCUT2D eigenvalue weighted by Crippen LogP contribution is -2.44. The monoisotopic (exact) mass is 251 g/mol. The molecule has 0 radical (unpaired) electrons. The molecule has 4 heteroatoms. The first kappa shape index (κ1) is 12.3. The molecule has 2 unspecified atom stereocenters. The third kappa shape index (κ3) is 3.68. The number of aliphatic hydroxyl groups excluding tert-OH is 1. The Morgan fingerprint density at radius 3 is 3.00 bits per heavy atom. The maximum atomic E-state index is 11.6. The van der Waals surface area contributed by atoms with Crippen LogP contribution in [0.5, 0.6) is 0 Å². The zero-order valence-corrected chi connectivity index (χ0v) is 10.5. The topological polar surface area (TPSA) is 49.3 Å². The van der Waals surface area contributed by atoms with Gasteiger partial charge in [0.1, 0.15) is 0 Å². The summed E-state index contributed by atoms with van der Waals surface area (Å²) in [7, 11) is 0. The van der Waals surface area contributed by atoms with Gasteiger partial charge in [0.2, 0.25) is 5.91 Å². The summed E-state index contributed by atoms with van der Waals surface area (Å²) in [4.78, 5) is 12.7. The molecule has 0 saturated heterocycles. The molecular formula is C13H17NO2S. The molecule has 1 amide bonds. The van der Waals surface area contributed by atoms with E-state index in [1.165, 1.54) is 6.08 Å². The largest absolute Gasteiger partial charge is 0.391 e. The molecule has 2 atom stereocenters. The zero-order chi connectivity index (χ0) is 12.1. The first-order valence-corrected chi connectivity index (χ1v) is 6.84. The summed E-state index contributed by atoms with van der Waals surface area (Å²) in [6.07, 6.45) is 6.75. The normalized spacial score (nSPS) is 25.0. The van der Waals surface area contributed by atoms with Gasteiger partial charge in [-0.3, -0.25) is 4.79 Å². The van der Waals surface area contributed by atoms with Crippen LogP contribution in [0.4, 0.5) is 0 Å². The predicted octanol–water partition coefficient (Wildman–Crippen LogP) is 2.18. The summed E-state index contributed by atoms with van der Waals surface area (Å²) in [5, 5.41) is 14.6. The lowest BCUT2D eigenvalue weighted by molar-refractivity contribution is -0.118. The molecule has 1 aromatic rings. The summed E-state index contributed by atoms with van der Waals surface area (Å²) in [6.45, 7) is 0. The van der Waals surface area contributed by atoms with Gasteiger partial charge in [-0.15, -0.1) is 11.3 Å². The van der Waals surface area contributed by atoms with Crippen LogP contribution in [0.3, 0.4) is 0 Å². The first-order chi connectivity index (χ1) is 8.25. The smallest absolute Gasteiger partial charge is 0.244 e. The molecule has 1 heterocycles. The van der Waals surface area contributed by atoms with Crippen molar-refractivity contribution in [1.82, 2.24) is 5.32 Å². The fourth-order valence-corrected chi connectivity index (χ4v) is 2.67. The maximum absolute atomic E-state index is 11.6. The first-order valence-electron chi connectivity index (χ1n) is 5.96. The summed E-state index contributed by atoms with van der Waals surface area (Å²) < 4.78 is 0. The van der Waals surface area contributed by atoms with Gasteiger partial charge in [-0.2, -0.15) is 0 Å². The molecule has 0 bridgehead atoms. The minimum Gasteiger partial charge on any atom is -0.391 e. The highest BCUT2D eigenvalue weighted by Gasteiger charge is 2.23. The Morgan fingerprint density at radius 2 is 2.29 bits per heavy atom. The van der Waals surface area contributed by atoms with E-state index in [4.69, 9.17) is 0 Å². The highest BCUT2D eigenvalue weighted by atomic mass is 32.1. The number of aliphatic hydroxyl groups is 1. The molecule has 0 spiro atoms. The molecule has 1 fully saturated rings. The van der Waals surface area contributed by atoms with Gasteiger partial charge in [0.25, 0.3) is 0 Å². The fraction of sp³-hybridized carbons (Fsp3) is 0.462. The van der Waals surface area contributed by atoms with Gasteiger partial charge < -0.3 is 10.4 Å². The van der Waals surface area contributed by atoms with Crippen molar-refractivity contribution in [1.29, 1.82) is 0 Å². The van der Waals surface area contributed by atoms with Crippen LogP contribution >= 0.6 is 11.3 Å². The Balaban J connectivity index is 1.84. The quantitative estimate of drug-likeness (QED) is 0.809. The van der Waals surface area contributed by atoms with E-state index in [0.29, 0.717) is 0 Å². The molecule has 1 aliphatic carbocycles. The van der Waals surface area contributed by atoms with Crippen molar-refractivity contribution in [2.24, 2.45) is 0 Å². The minimum absolute atomic E-state index is 0.0794. The van der Waals surface area contributed by atoms with Crippen LogP contribution in [0.25, 0.3) is 6.08 Å². The average molecular weight is 251 g/mol. The molecule has 2 rings (SSSR count). The highest BCUT2D eigenvalue weighted by Crippen LogP contribution is 2.18. The second-order valence-corrected chi connectivity index (χ2v) is 5.29. The molecule has 92 valence electrons. The molecule has 1 saturated carbocycles. The lowest BCUT2D eigenvalue weighted by Gasteiger charge is -2.27. The van der Waals surface area contributed by atoms with Gasteiger partial charge in [-0.1, -0.05) is 18.9 Å². The Bertz CT molecular complexity index is 386. The van der Waals surface area contributed by atoms with E-state index in [1.807, 2.05) is 17.5 Å². The third-order valence-electron chi connectivity index (χ3n) is 3.00. The predicted molar refractivity (Wildman–Crippen MR) is 69.8 cm³/mol. The highest BCUT2D eigenvalue weighted by molar-refractivity contribution is 7.10. The van der Waals surface area contributed by atoms with Crippen molar-refractivity contribution in [3.63, 3.8) is 0 Å². The van der Waals surface area contributed by atoms with Crippen LogP contribution in [0.1, 0.15) is 30.6 Å². The Hall–Kier alpha value is -1.13. The van der Waals surface area contributed by atoms with E-state index in [-0.39, 0.29) is 18.1 Å². The molecular weight excluding hydrogens is 234 g/mol. The van der Waals surface area contributed by atoms with Crippen molar-refractivity contribution in [3.05, 3.63) is 28.5 Å². The van der Waals surface area contributed by atoms with E-state index in [9.17, 15) is 9.90 Å². The molecule has 2 N–H and O–H groups in total. The van der Waals surface area contributed by atoms with E-state index in [0.717, 1.165) is 30.6 Å². The van der Waals surface area contributed by atoms with Gasteiger partial charge in [0.05, 0.1) is 12.1 Å². The Kier molecular flexibility index (Phi) is 4.34. The molecule has 0 aromatic carbocycles. The van der Waals surface area contributed by atoms with E-state index in [2.05, 4.69) is 5.32 Å². The van der Waals surface area contributed by atoms with Crippen LogP contribution in [0, 0.1) is 0 Å². The molecule has 17 heavy (non-hydrogen) atoms. The molecule has 0 aliphatic heterocycles. The van der Waals surface area contributed by atoms with E-state index in [1.54, 1.807) is 17.4 Å². The third-order valence-corrected chi connectivity index (χ3v) is 3.84.